The Hall–Kier alpha value is -2.21. The van der Waals surface area contributed by atoms with Gasteiger partial charge in [-0.15, -0.1) is 0 Å². The number of hydrogen-bond donors (Lipinski definition) is 1. The summed E-state index contributed by atoms with van der Waals surface area (Å²) in [4.78, 5) is 12.5. The lowest BCUT2D eigenvalue weighted by atomic mass is 10.1. The summed E-state index contributed by atoms with van der Waals surface area (Å²) in [6.07, 6.45) is 0. The zero-order valence-corrected chi connectivity index (χ0v) is 17.1. The first-order chi connectivity index (χ1) is 12.5. The summed E-state index contributed by atoms with van der Waals surface area (Å²) in [6, 6.07) is 10.8. The number of carbonyl (C=O) groups is 1. The SMILES string of the molecule is CCOc1ccc(C(C)NC(=O)c2ccc(OC)c(Br)c2)cc1OCC. The highest BCUT2D eigenvalue weighted by Crippen LogP contribution is 2.31. The second-order valence-electron chi connectivity index (χ2n) is 5.62. The lowest BCUT2D eigenvalue weighted by molar-refractivity contribution is 0.0939. The minimum absolute atomic E-state index is 0.160. The van der Waals surface area contributed by atoms with Crippen molar-refractivity contribution in [2.45, 2.75) is 26.8 Å². The molecule has 0 aliphatic carbocycles. The van der Waals surface area contributed by atoms with E-state index in [9.17, 15) is 4.79 Å². The summed E-state index contributed by atoms with van der Waals surface area (Å²) < 4.78 is 17.2. The molecule has 6 heteroatoms. The molecule has 2 aromatic rings. The van der Waals surface area contributed by atoms with Crippen LogP contribution in [0.3, 0.4) is 0 Å². The molecule has 0 spiro atoms. The van der Waals surface area contributed by atoms with Crippen LogP contribution < -0.4 is 19.5 Å². The Balaban J connectivity index is 2.15. The van der Waals surface area contributed by atoms with Gasteiger partial charge >= 0.3 is 0 Å². The minimum Gasteiger partial charge on any atom is -0.496 e. The smallest absolute Gasteiger partial charge is 0.251 e. The molecule has 1 unspecified atom stereocenters. The molecule has 0 aliphatic rings. The molecule has 1 amide bonds. The van der Waals surface area contributed by atoms with Crippen molar-refractivity contribution in [3.63, 3.8) is 0 Å². The number of ether oxygens (including phenoxy) is 3. The van der Waals surface area contributed by atoms with Crippen LogP contribution in [0.2, 0.25) is 0 Å². The maximum Gasteiger partial charge on any atom is 0.251 e. The van der Waals surface area contributed by atoms with Crippen LogP contribution in [-0.2, 0) is 0 Å². The highest BCUT2D eigenvalue weighted by atomic mass is 79.9. The Bertz CT molecular complexity index is 763. The molecular formula is C20H24BrNO4. The number of methoxy groups -OCH3 is 1. The highest BCUT2D eigenvalue weighted by molar-refractivity contribution is 9.10. The molecule has 2 rings (SSSR count). The zero-order chi connectivity index (χ0) is 19.1. The predicted octanol–water partition coefficient (Wildman–Crippen LogP) is 4.75. The predicted molar refractivity (Wildman–Crippen MR) is 105 cm³/mol. The number of rotatable bonds is 8. The van der Waals surface area contributed by atoms with E-state index >= 15 is 0 Å². The van der Waals surface area contributed by atoms with Crippen LogP contribution in [0.1, 0.15) is 42.7 Å². The molecule has 26 heavy (non-hydrogen) atoms. The van der Waals surface area contributed by atoms with Crippen LogP contribution >= 0.6 is 15.9 Å². The number of hydrogen-bond acceptors (Lipinski definition) is 4. The molecular weight excluding hydrogens is 398 g/mol. The van der Waals surface area contributed by atoms with Gasteiger partial charge < -0.3 is 19.5 Å². The number of halogens is 1. The molecule has 0 aromatic heterocycles. The van der Waals surface area contributed by atoms with Gasteiger partial charge in [0.25, 0.3) is 5.91 Å². The van der Waals surface area contributed by atoms with Crippen molar-refractivity contribution in [2.24, 2.45) is 0 Å². The van der Waals surface area contributed by atoms with Gasteiger partial charge in [-0.25, -0.2) is 0 Å². The number of carbonyl (C=O) groups excluding carboxylic acids is 1. The molecule has 140 valence electrons. The van der Waals surface area contributed by atoms with E-state index in [-0.39, 0.29) is 11.9 Å². The van der Waals surface area contributed by atoms with Gasteiger partial charge in [0, 0.05) is 5.56 Å². The van der Waals surface area contributed by atoms with Crippen LogP contribution in [0.5, 0.6) is 17.2 Å². The van der Waals surface area contributed by atoms with Crippen molar-refractivity contribution in [3.05, 3.63) is 52.0 Å². The standard InChI is InChI=1S/C20H24BrNO4/c1-5-25-18-10-7-14(12-19(18)26-6-2)13(3)22-20(23)15-8-9-17(24-4)16(21)11-15/h7-13H,5-6H2,1-4H3,(H,22,23). The van der Waals surface area contributed by atoms with Gasteiger partial charge in [-0.2, -0.15) is 0 Å². The molecule has 0 bridgehead atoms. The molecule has 5 nitrogen and oxygen atoms in total. The van der Waals surface area contributed by atoms with Gasteiger partial charge in [-0.3, -0.25) is 4.79 Å². The number of nitrogens with one attached hydrogen (secondary N) is 1. The number of amides is 1. The molecule has 0 aliphatic heterocycles. The van der Waals surface area contributed by atoms with E-state index in [1.54, 1.807) is 25.3 Å². The molecule has 0 heterocycles. The molecule has 2 aromatic carbocycles. The Morgan fingerprint density at radius 3 is 2.31 bits per heavy atom. The van der Waals surface area contributed by atoms with Crippen molar-refractivity contribution >= 4 is 21.8 Å². The second kappa shape index (κ2) is 9.48. The summed E-state index contributed by atoms with van der Waals surface area (Å²) in [5.74, 6) is 1.91. The van der Waals surface area contributed by atoms with Gasteiger partial charge in [0.2, 0.25) is 0 Å². The highest BCUT2D eigenvalue weighted by Gasteiger charge is 2.15. The first-order valence-corrected chi connectivity index (χ1v) is 9.33. The average Bonchev–Trinajstić information content (AvgIpc) is 2.63. The third-order valence-electron chi connectivity index (χ3n) is 3.83. The van der Waals surface area contributed by atoms with Crippen molar-refractivity contribution in [1.82, 2.24) is 5.32 Å². The van der Waals surface area contributed by atoms with E-state index in [1.165, 1.54) is 0 Å². The minimum atomic E-state index is -0.182. The third kappa shape index (κ3) is 4.91. The van der Waals surface area contributed by atoms with Gasteiger partial charge in [-0.1, -0.05) is 6.07 Å². The third-order valence-corrected chi connectivity index (χ3v) is 4.45. The summed E-state index contributed by atoms with van der Waals surface area (Å²) in [7, 11) is 1.59. The topological polar surface area (TPSA) is 56.8 Å². The fourth-order valence-corrected chi connectivity index (χ4v) is 3.05. The monoisotopic (exact) mass is 421 g/mol. The lowest BCUT2D eigenvalue weighted by Crippen LogP contribution is -2.26. The van der Waals surface area contributed by atoms with E-state index in [2.05, 4.69) is 21.2 Å². The average molecular weight is 422 g/mol. The van der Waals surface area contributed by atoms with Crippen molar-refractivity contribution < 1.29 is 19.0 Å². The normalized spacial score (nSPS) is 11.6. The van der Waals surface area contributed by atoms with Crippen molar-refractivity contribution in [3.8, 4) is 17.2 Å². The van der Waals surface area contributed by atoms with Crippen LogP contribution in [0, 0.1) is 0 Å². The fraction of sp³-hybridized carbons (Fsp3) is 0.350. The Labute approximate surface area is 162 Å². The summed E-state index contributed by atoms with van der Waals surface area (Å²) in [5, 5.41) is 3.00. The van der Waals surface area contributed by atoms with E-state index in [1.807, 2.05) is 39.0 Å². The maximum absolute atomic E-state index is 12.5. The van der Waals surface area contributed by atoms with Crippen LogP contribution in [-0.4, -0.2) is 26.2 Å². The van der Waals surface area contributed by atoms with Crippen LogP contribution in [0.15, 0.2) is 40.9 Å². The Morgan fingerprint density at radius 1 is 1.04 bits per heavy atom. The molecule has 0 radical (unpaired) electrons. The summed E-state index contributed by atoms with van der Waals surface area (Å²) in [6.45, 7) is 6.90. The fourth-order valence-electron chi connectivity index (χ4n) is 2.51. The van der Waals surface area contributed by atoms with Gasteiger partial charge in [-0.05, 0) is 72.6 Å². The zero-order valence-electron chi connectivity index (χ0n) is 15.5. The quantitative estimate of drug-likeness (QED) is 0.668. The van der Waals surface area contributed by atoms with E-state index in [0.717, 1.165) is 10.0 Å². The van der Waals surface area contributed by atoms with Crippen LogP contribution in [0.4, 0.5) is 0 Å². The van der Waals surface area contributed by atoms with E-state index in [0.29, 0.717) is 36.0 Å². The van der Waals surface area contributed by atoms with E-state index < -0.39 is 0 Å². The largest absolute Gasteiger partial charge is 0.496 e. The van der Waals surface area contributed by atoms with Crippen molar-refractivity contribution in [2.75, 3.05) is 20.3 Å². The van der Waals surface area contributed by atoms with Crippen molar-refractivity contribution in [1.29, 1.82) is 0 Å². The molecule has 1 atom stereocenters. The first kappa shape index (κ1) is 20.1. The van der Waals surface area contributed by atoms with Gasteiger partial charge in [0.15, 0.2) is 11.5 Å². The molecule has 0 saturated carbocycles. The summed E-state index contributed by atoms with van der Waals surface area (Å²) in [5.41, 5.74) is 1.50. The Morgan fingerprint density at radius 2 is 1.69 bits per heavy atom. The lowest BCUT2D eigenvalue weighted by Gasteiger charge is -2.18. The number of benzene rings is 2. The van der Waals surface area contributed by atoms with E-state index in [4.69, 9.17) is 14.2 Å². The molecule has 0 saturated heterocycles. The summed E-state index contributed by atoms with van der Waals surface area (Å²) >= 11 is 3.40. The first-order valence-electron chi connectivity index (χ1n) is 8.54. The molecule has 0 fully saturated rings. The Kier molecular flexibility index (Phi) is 7.33. The van der Waals surface area contributed by atoms with Gasteiger partial charge in [0.05, 0.1) is 30.8 Å². The molecule has 1 N–H and O–H groups in total. The maximum atomic E-state index is 12.5. The van der Waals surface area contributed by atoms with Gasteiger partial charge in [0.1, 0.15) is 5.75 Å². The second-order valence-corrected chi connectivity index (χ2v) is 6.47. The van der Waals surface area contributed by atoms with Crippen LogP contribution in [0.25, 0.3) is 0 Å².